The number of carbonyl (C=O) groups is 4. The minimum atomic E-state index is -4.98. The fourth-order valence-corrected chi connectivity index (χ4v) is 5.41. The van der Waals surface area contributed by atoms with E-state index in [2.05, 4.69) is 11.3 Å². The summed E-state index contributed by atoms with van der Waals surface area (Å²) in [4.78, 5) is 48.8. The van der Waals surface area contributed by atoms with Gasteiger partial charge in [0.05, 0.1) is 11.8 Å². The van der Waals surface area contributed by atoms with E-state index in [1.807, 2.05) is 0 Å². The van der Waals surface area contributed by atoms with Gasteiger partial charge in [0.25, 0.3) is 0 Å². The lowest BCUT2D eigenvalue weighted by Crippen LogP contribution is -2.44. The van der Waals surface area contributed by atoms with Gasteiger partial charge in [0.2, 0.25) is 0 Å². The third kappa shape index (κ3) is 4.09. The zero-order valence-corrected chi connectivity index (χ0v) is 17.1. The van der Waals surface area contributed by atoms with Gasteiger partial charge < -0.3 is 18.9 Å². The van der Waals surface area contributed by atoms with Crippen molar-refractivity contribution in [2.75, 3.05) is 6.61 Å². The lowest BCUT2D eigenvalue weighted by molar-refractivity contribution is -0.174. The molecule has 0 aromatic rings. The van der Waals surface area contributed by atoms with Crippen molar-refractivity contribution in [1.82, 2.24) is 0 Å². The van der Waals surface area contributed by atoms with Gasteiger partial charge in [0.1, 0.15) is 23.9 Å². The van der Waals surface area contributed by atoms with Gasteiger partial charge >= 0.3 is 30.1 Å². The summed E-state index contributed by atoms with van der Waals surface area (Å²) in [6.45, 7) is 1.53. The first-order chi connectivity index (χ1) is 15.1. The molecule has 6 unspecified atom stereocenters. The average Bonchev–Trinajstić information content (AvgIpc) is 3.35. The number of rotatable bonds is 6. The first-order valence-electron chi connectivity index (χ1n) is 10.6. The summed E-state index contributed by atoms with van der Waals surface area (Å²) >= 11 is 0. The molecule has 0 aromatic carbocycles. The van der Waals surface area contributed by atoms with Gasteiger partial charge in [-0.25, -0.2) is 9.59 Å². The van der Waals surface area contributed by atoms with E-state index in [4.69, 9.17) is 14.2 Å². The number of hydrogen-bond donors (Lipinski definition) is 0. The van der Waals surface area contributed by atoms with Crippen molar-refractivity contribution >= 4 is 23.9 Å². The van der Waals surface area contributed by atoms with E-state index in [0.29, 0.717) is 6.42 Å². The monoisotopic (exact) mass is 460 g/mol. The quantitative estimate of drug-likeness (QED) is 0.338. The number of ether oxygens (including phenoxy) is 4. The molecule has 4 rings (SSSR count). The Hall–Kier alpha value is -2.59. The van der Waals surface area contributed by atoms with E-state index in [-0.39, 0.29) is 12.0 Å². The highest BCUT2D eigenvalue weighted by Gasteiger charge is 2.70. The normalized spacial score (nSPS) is 33.5. The van der Waals surface area contributed by atoms with E-state index in [0.717, 1.165) is 32.1 Å². The molecule has 0 amide bonds. The summed E-state index contributed by atoms with van der Waals surface area (Å²) in [5.74, 6) is -6.22. The van der Waals surface area contributed by atoms with Crippen molar-refractivity contribution < 1.29 is 51.3 Å². The zero-order chi connectivity index (χ0) is 23.2. The molecule has 3 saturated carbocycles. The smallest absolute Gasteiger partial charge is 0.422 e. The standard InChI is InChI=1S/C21H23F3O8/c1-9(21(22,23)24)18(26)29-8-13(25)31-16-11-7-12-15(20(28)32-17(12)16)14(11)19(27)30-10-5-3-2-4-6-10/h10-12,14-17H,1-8H2. The Kier molecular flexibility index (Phi) is 5.93. The van der Waals surface area contributed by atoms with Crippen LogP contribution in [0.15, 0.2) is 12.2 Å². The Morgan fingerprint density at radius 3 is 2.41 bits per heavy atom. The topological polar surface area (TPSA) is 105 Å². The van der Waals surface area contributed by atoms with Crippen molar-refractivity contribution in [3.05, 3.63) is 12.2 Å². The number of hydrogen-bond acceptors (Lipinski definition) is 8. The van der Waals surface area contributed by atoms with Gasteiger partial charge in [-0.3, -0.25) is 9.59 Å². The second kappa shape index (κ2) is 8.40. The van der Waals surface area contributed by atoms with Gasteiger partial charge in [0, 0.05) is 11.8 Å². The first kappa shape index (κ1) is 22.6. The lowest BCUT2D eigenvalue weighted by Gasteiger charge is -2.31. The molecular formula is C21H23F3O8. The van der Waals surface area contributed by atoms with Crippen LogP contribution in [0.3, 0.4) is 0 Å². The molecule has 3 aliphatic carbocycles. The van der Waals surface area contributed by atoms with Crippen molar-refractivity contribution in [3.63, 3.8) is 0 Å². The summed E-state index contributed by atoms with van der Waals surface area (Å²) in [5.41, 5.74) is -1.75. The second-order valence-electron chi connectivity index (χ2n) is 8.72. The Balaban J connectivity index is 1.38. The highest BCUT2D eigenvalue weighted by atomic mass is 19.4. The molecule has 0 radical (unpaired) electrons. The molecule has 0 spiro atoms. The van der Waals surface area contributed by atoms with Gasteiger partial charge in [-0.1, -0.05) is 13.0 Å². The molecule has 1 saturated heterocycles. The van der Waals surface area contributed by atoms with Gasteiger partial charge in [-0.2, -0.15) is 13.2 Å². The summed E-state index contributed by atoms with van der Waals surface area (Å²) in [5, 5.41) is 0. The molecule has 1 heterocycles. The molecule has 2 bridgehead atoms. The van der Waals surface area contributed by atoms with E-state index >= 15 is 0 Å². The maximum atomic E-state index is 12.9. The van der Waals surface area contributed by atoms with Crippen LogP contribution < -0.4 is 0 Å². The summed E-state index contributed by atoms with van der Waals surface area (Å²) in [6, 6.07) is 0. The Morgan fingerprint density at radius 1 is 1.06 bits per heavy atom. The van der Waals surface area contributed by atoms with E-state index in [9.17, 15) is 32.3 Å². The fraction of sp³-hybridized carbons (Fsp3) is 0.714. The molecule has 0 N–H and O–H groups in total. The number of alkyl halides is 3. The molecule has 32 heavy (non-hydrogen) atoms. The molecular weight excluding hydrogens is 437 g/mol. The summed E-state index contributed by atoms with van der Waals surface area (Å²) in [7, 11) is 0. The summed E-state index contributed by atoms with van der Waals surface area (Å²) < 4.78 is 58.0. The number of halogens is 3. The predicted octanol–water partition coefficient (Wildman–Crippen LogP) is 2.24. The minimum Gasteiger partial charge on any atom is -0.462 e. The summed E-state index contributed by atoms with van der Waals surface area (Å²) in [6.07, 6.45) is -1.93. The Bertz CT molecular complexity index is 831. The van der Waals surface area contributed by atoms with Crippen LogP contribution in [0.25, 0.3) is 0 Å². The molecule has 4 fully saturated rings. The van der Waals surface area contributed by atoms with Crippen LogP contribution in [0.1, 0.15) is 38.5 Å². The minimum absolute atomic E-state index is 0.203. The molecule has 0 aromatic heterocycles. The van der Waals surface area contributed by atoms with Crippen molar-refractivity contribution in [3.8, 4) is 0 Å². The largest absolute Gasteiger partial charge is 0.462 e. The third-order valence-corrected chi connectivity index (χ3v) is 6.83. The first-order valence-corrected chi connectivity index (χ1v) is 10.6. The van der Waals surface area contributed by atoms with Crippen LogP contribution in [0.5, 0.6) is 0 Å². The van der Waals surface area contributed by atoms with E-state index < -0.39 is 72.2 Å². The number of carbonyl (C=O) groups excluding carboxylic acids is 4. The molecule has 8 nitrogen and oxygen atoms in total. The van der Waals surface area contributed by atoms with Crippen LogP contribution in [0.2, 0.25) is 0 Å². The van der Waals surface area contributed by atoms with Crippen LogP contribution in [0, 0.1) is 23.7 Å². The predicted molar refractivity (Wildman–Crippen MR) is 97.5 cm³/mol. The van der Waals surface area contributed by atoms with E-state index in [1.165, 1.54) is 0 Å². The maximum Gasteiger partial charge on any atom is 0.422 e. The maximum absolute atomic E-state index is 12.9. The van der Waals surface area contributed by atoms with Crippen LogP contribution in [-0.4, -0.2) is 55.0 Å². The van der Waals surface area contributed by atoms with E-state index in [1.54, 1.807) is 0 Å². The molecule has 11 heteroatoms. The third-order valence-electron chi connectivity index (χ3n) is 6.83. The highest BCUT2D eigenvalue weighted by Crippen LogP contribution is 2.59. The van der Waals surface area contributed by atoms with Gasteiger partial charge in [0.15, 0.2) is 6.61 Å². The lowest BCUT2D eigenvalue weighted by atomic mass is 9.78. The van der Waals surface area contributed by atoms with Gasteiger partial charge in [-0.15, -0.1) is 0 Å². The number of fused-ring (bicyclic) bond motifs is 1. The number of esters is 4. The molecule has 1 aliphatic heterocycles. The van der Waals surface area contributed by atoms with Crippen molar-refractivity contribution in [2.45, 2.75) is 63.0 Å². The van der Waals surface area contributed by atoms with Crippen LogP contribution in [0.4, 0.5) is 13.2 Å². The van der Waals surface area contributed by atoms with Crippen LogP contribution >= 0.6 is 0 Å². The Labute approximate surface area is 181 Å². The highest BCUT2D eigenvalue weighted by molar-refractivity contribution is 5.90. The fourth-order valence-electron chi connectivity index (χ4n) is 5.41. The van der Waals surface area contributed by atoms with Crippen LogP contribution in [-0.2, 0) is 38.1 Å². The SMILES string of the molecule is C=C(C(=O)OCC(=O)OC1C2CC3C1OC(=O)C3C2C(=O)OC1CCCCC1)C(F)(F)F. The Morgan fingerprint density at radius 2 is 1.75 bits per heavy atom. The average molecular weight is 460 g/mol. The zero-order valence-electron chi connectivity index (χ0n) is 17.1. The van der Waals surface area contributed by atoms with Crippen molar-refractivity contribution in [2.24, 2.45) is 23.7 Å². The van der Waals surface area contributed by atoms with Crippen molar-refractivity contribution in [1.29, 1.82) is 0 Å². The van der Waals surface area contributed by atoms with Gasteiger partial charge in [-0.05, 0) is 32.1 Å². The molecule has 4 aliphatic rings. The second-order valence-corrected chi connectivity index (χ2v) is 8.72. The molecule has 176 valence electrons. The molecule has 6 atom stereocenters.